The van der Waals surface area contributed by atoms with Gasteiger partial charge in [0, 0.05) is 19.6 Å². The lowest BCUT2D eigenvalue weighted by atomic mass is 9.71. The first-order chi connectivity index (χ1) is 8.69. The van der Waals surface area contributed by atoms with E-state index in [9.17, 15) is 0 Å². The molecule has 0 aliphatic heterocycles. The summed E-state index contributed by atoms with van der Waals surface area (Å²) >= 11 is 0. The highest BCUT2D eigenvalue weighted by Crippen LogP contribution is 2.44. The van der Waals surface area contributed by atoms with Crippen LogP contribution in [0.25, 0.3) is 0 Å². The normalized spacial score (nSPS) is 27.1. The number of rotatable bonds is 4. The van der Waals surface area contributed by atoms with Gasteiger partial charge < -0.3 is 9.64 Å². The Hall–Kier alpha value is -0.570. The van der Waals surface area contributed by atoms with E-state index in [2.05, 4.69) is 49.3 Å². The van der Waals surface area contributed by atoms with Crippen molar-refractivity contribution in [3.63, 3.8) is 0 Å². The van der Waals surface area contributed by atoms with Crippen LogP contribution in [0.3, 0.4) is 0 Å². The fourth-order valence-corrected chi connectivity index (χ4v) is 3.38. The summed E-state index contributed by atoms with van der Waals surface area (Å²) in [5.41, 5.74) is 1.27. The molecule has 3 heteroatoms. The number of hydrogen-bond acceptors (Lipinski definition) is 2. The number of methoxy groups -OCH3 is 1. The zero-order valence-corrected chi connectivity index (χ0v) is 13.1. The van der Waals surface area contributed by atoms with Crippen LogP contribution in [-0.2, 0) is 10.3 Å². The summed E-state index contributed by atoms with van der Waals surface area (Å²) in [6.07, 6.45) is 5.01. The van der Waals surface area contributed by atoms with Gasteiger partial charge in [-0.2, -0.15) is 0 Å². The molecule has 0 N–H and O–H groups in total. The molecular weight excluding hydrogens is 258 g/mol. The second-order valence-electron chi connectivity index (χ2n) is 5.66. The standard InChI is InChI=1S/C16H25NO.ClH/c1-17(2)13-15-11-7-8-12-16(15,18-3)14-9-5-4-6-10-14;/h4-6,9-10,15H,7-8,11-13H2,1-3H3;1H/t15-,16+;/m0./s1. The van der Waals surface area contributed by atoms with Gasteiger partial charge in [-0.25, -0.2) is 0 Å². The third-order valence-corrected chi connectivity index (χ3v) is 4.22. The molecule has 19 heavy (non-hydrogen) atoms. The lowest BCUT2D eigenvalue weighted by Crippen LogP contribution is -2.44. The molecule has 0 saturated heterocycles. The number of ether oxygens (including phenoxy) is 1. The SMILES string of the molecule is CO[C@@]1(c2ccccc2)CCCC[C@H]1CN(C)C.Cl. The molecule has 1 aliphatic carbocycles. The van der Waals surface area contributed by atoms with Gasteiger partial charge in [0.15, 0.2) is 0 Å². The molecule has 1 aromatic rings. The largest absolute Gasteiger partial charge is 0.373 e. The maximum absolute atomic E-state index is 6.05. The summed E-state index contributed by atoms with van der Waals surface area (Å²) in [7, 11) is 6.18. The Morgan fingerprint density at radius 3 is 2.47 bits per heavy atom. The molecular formula is C16H26ClNO. The number of nitrogens with zero attached hydrogens (tertiary/aromatic N) is 1. The number of hydrogen-bond donors (Lipinski definition) is 0. The summed E-state index contributed by atoms with van der Waals surface area (Å²) in [6, 6.07) is 10.8. The monoisotopic (exact) mass is 283 g/mol. The number of benzene rings is 1. The minimum absolute atomic E-state index is 0. The van der Waals surface area contributed by atoms with E-state index in [1.807, 2.05) is 7.11 Å². The van der Waals surface area contributed by atoms with Gasteiger partial charge in [0.2, 0.25) is 0 Å². The average molecular weight is 284 g/mol. The van der Waals surface area contributed by atoms with Crippen molar-refractivity contribution < 1.29 is 4.74 Å². The molecule has 0 heterocycles. The summed E-state index contributed by atoms with van der Waals surface area (Å²) in [5.74, 6) is 0.591. The predicted octanol–water partition coefficient (Wildman–Crippen LogP) is 3.70. The van der Waals surface area contributed by atoms with E-state index >= 15 is 0 Å². The van der Waals surface area contributed by atoms with Crippen LogP contribution in [-0.4, -0.2) is 32.6 Å². The van der Waals surface area contributed by atoms with Crippen molar-refractivity contribution in [1.29, 1.82) is 0 Å². The van der Waals surface area contributed by atoms with Crippen molar-refractivity contribution in [2.24, 2.45) is 5.92 Å². The Balaban J connectivity index is 0.00000180. The Kier molecular flexibility index (Phi) is 6.31. The summed E-state index contributed by atoms with van der Waals surface area (Å²) in [6.45, 7) is 1.10. The molecule has 0 radical (unpaired) electrons. The van der Waals surface area contributed by atoms with Crippen molar-refractivity contribution in [2.45, 2.75) is 31.3 Å². The molecule has 108 valence electrons. The van der Waals surface area contributed by atoms with Crippen molar-refractivity contribution in [2.75, 3.05) is 27.7 Å². The Morgan fingerprint density at radius 1 is 1.21 bits per heavy atom. The lowest BCUT2D eigenvalue weighted by Gasteiger charge is -2.44. The van der Waals surface area contributed by atoms with Gasteiger partial charge in [0.1, 0.15) is 0 Å². The molecule has 1 aromatic carbocycles. The van der Waals surface area contributed by atoms with Crippen molar-refractivity contribution >= 4 is 12.4 Å². The molecule has 0 spiro atoms. The molecule has 1 aliphatic rings. The first kappa shape index (κ1) is 16.5. The Morgan fingerprint density at radius 2 is 1.89 bits per heavy atom. The van der Waals surface area contributed by atoms with Crippen LogP contribution in [0.15, 0.2) is 30.3 Å². The molecule has 0 unspecified atom stereocenters. The van der Waals surface area contributed by atoms with Crippen LogP contribution in [0.1, 0.15) is 31.2 Å². The fraction of sp³-hybridized carbons (Fsp3) is 0.625. The molecule has 2 rings (SSSR count). The van der Waals surface area contributed by atoms with E-state index < -0.39 is 0 Å². The lowest BCUT2D eigenvalue weighted by molar-refractivity contribution is -0.0951. The van der Waals surface area contributed by atoms with E-state index in [4.69, 9.17) is 4.74 Å². The fourth-order valence-electron chi connectivity index (χ4n) is 3.38. The van der Waals surface area contributed by atoms with Crippen LogP contribution < -0.4 is 0 Å². The zero-order chi connectivity index (χ0) is 13.0. The summed E-state index contributed by atoms with van der Waals surface area (Å²) < 4.78 is 6.05. The van der Waals surface area contributed by atoms with Crippen LogP contribution in [0.2, 0.25) is 0 Å². The van der Waals surface area contributed by atoms with Crippen LogP contribution in [0.4, 0.5) is 0 Å². The molecule has 0 amide bonds. The highest BCUT2D eigenvalue weighted by Gasteiger charge is 2.42. The van der Waals surface area contributed by atoms with Crippen molar-refractivity contribution in [1.82, 2.24) is 4.90 Å². The van der Waals surface area contributed by atoms with Gasteiger partial charge >= 0.3 is 0 Å². The van der Waals surface area contributed by atoms with Gasteiger partial charge in [0.25, 0.3) is 0 Å². The van der Waals surface area contributed by atoms with E-state index in [0.717, 1.165) is 13.0 Å². The summed E-state index contributed by atoms with van der Waals surface area (Å²) in [5, 5.41) is 0. The minimum Gasteiger partial charge on any atom is -0.373 e. The Bertz CT molecular complexity index is 368. The topological polar surface area (TPSA) is 12.5 Å². The quantitative estimate of drug-likeness (QED) is 0.835. The molecule has 1 fully saturated rings. The Labute approximate surface area is 123 Å². The first-order valence-electron chi connectivity index (χ1n) is 6.94. The van der Waals surface area contributed by atoms with Gasteiger partial charge in [0.05, 0.1) is 5.60 Å². The molecule has 0 aromatic heterocycles. The van der Waals surface area contributed by atoms with E-state index in [0.29, 0.717) is 5.92 Å². The van der Waals surface area contributed by atoms with Crippen LogP contribution in [0.5, 0.6) is 0 Å². The maximum Gasteiger partial charge on any atom is 0.0967 e. The average Bonchev–Trinajstić information content (AvgIpc) is 2.40. The third kappa shape index (κ3) is 3.50. The molecule has 2 nitrogen and oxygen atoms in total. The minimum atomic E-state index is -0.0796. The van der Waals surface area contributed by atoms with Crippen molar-refractivity contribution in [3.05, 3.63) is 35.9 Å². The summed E-state index contributed by atoms with van der Waals surface area (Å²) in [4.78, 5) is 2.28. The van der Waals surface area contributed by atoms with Gasteiger partial charge in [-0.1, -0.05) is 43.2 Å². The van der Waals surface area contributed by atoms with E-state index in [1.54, 1.807) is 0 Å². The van der Waals surface area contributed by atoms with Crippen molar-refractivity contribution in [3.8, 4) is 0 Å². The predicted molar refractivity (Wildman–Crippen MR) is 82.9 cm³/mol. The first-order valence-corrected chi connectivity index (χ1v) is 6.94. The van der Waals surface area contributed by atoms with E-state index in [-0.39, 0.29) is 18.0 Å². The highest BCUT2D eigenvalue weighted by atomic mass is 35.5. The maximum atomic E-state index is 6.05. The highest BCUT2D eigenvalue weighted by molar-refractivity contribution is 5.85. The second kappa shape index (κ2) is 7.28. The smallest absolute Gasteiger partial charge is 0.0967 e. The third-order valence-electron chi connectivity index (χ3n) is 4.22. The molecule has 0 bridgehead atoms. The van der Waals surface area contributed by atoms with Crippen LogP contribution in [0, 0.1) is 5.92 Å². The molecule has 2 atom stereocenters. The van der Waals surface area contributed by atoms with E-state index in [1.165, 1.54) is 24.8 Å². The van der Waals surface area contributed by atoms with Gasteiger partial charge in [-0.15, -0.1) is 12.4 Å². The second-order valence-corrected chi connectivity index (χ2v) is 5.66. The zero-order valence-electron chi connectivity index (χ0n) is 12.3. The number of halogens is 1. The van der Waals surface area contributed by atoms with Gasteiger partial charge in [-0.05, 0) is 32.5 Å². The van der Waals surface area contributed by atoms with Crippen LogP contribution >= 0.6 is 12.4 Å². The van der Waals surface area contributed by atoms with Gasteiger partial charge in [-0.3, -0.25) is 0 Å². The molecule has 1 saturated carbocycles.